The van der Waals surface area contributed by atoms with Crippen LogP contribution in [0.1, 0.15) is 23.2 Å². The van der Waals surface area contributed by atoms with Crippen molar-refractivity contribution in [2.75, 3.05) is 32.7 Å². The fourth-order valence-corrected chi connectivity index (χ4v) is 2.89. The van der Waals surface area contributed by atoms with E-state index in [2.05, 4.69) is 22.3 Å². The van der Waals surface area contributed by atoms with E-state index in [0.717, 1.165) is 43.7 Å². The topological polar surface area (TPSA) is 32.3 Å². The van der Waals surface area contributed by atoms with Gasteiger partial charge < -0.3 is 10.2 Å². The van der Waals surface area contributed by atoms with E-state index < -0.39 is 0 Å². The summed E-state index contributed by atoms with van der Waals surface area (Å²) < 4.78 is 0. The average molecular weight is 282 g/mol. The molecule has 110 valence electrons. The first kappa shape index (κ1) is 14.2. The van der Waals surface area contributed by atoms with Crippen LogP contribution in [0.4, 0.5) is 0 Å². The number of nitrogens with one attached hydrogen (secondary N) is 1. The van der Waals surface area contributed by atoms with E-state index in [-0.39, 0.29) is 5.78 Å². The molecule has 21 heavy (non-hydrogen) atoms. The Morgan fingerprint density at radius 3 is 2.81 bits per heavy atom. The highest BCUT2D eigenvalue weighted by Gasteiger charge is 2.12. The van der Waals surface area contributed by atoms with Crippen LogP contribution in [0, 0.1) is 0 Å². The molecule has 2 aromatic rings. The predicted octanol–water partition coefficient (Wildman–Crippen LogP) is 2.71. The highest BCUT2D eigenvalue weighted by molar-refractivity contribution is 6.00. The molecule has 3 nitrogen and oxygen atoms in total. The summed E-state index contributed by atoms with van der Waals surface area (Å²) in [6.07, 6.45) is 1.78. The highest BCUT2D eigenvalue weighted by atomic mass is 16.1. The summed E-state index contributed by atoms with van der Waals surface area (Å²) in [5.41, 5.74) is 0.835. The van der Waals surface area contributed by atoms with Gasteiger partial charge in [-0.05, 0) is 36.3 Å². The van der Waals surface area contributed by atoms with Gasteiger partial charge in [0.2, 0.25) is 0 Å². The number of ketones is 1. The van der Waals surface area contributed by atoms with Gasteiger partial charge in [0.25, 0.3) is 0 Å². The van der Waals surface area contributed by atoms with E-state index in [9.17, 15) is 4.79 Å². The fourth-order valence-electron chi connectivity index (χ4n) is 2.89. The Kier molecular flexibility index (Phi) is 4.63. The molecule has 3 heteroatoms. The smallest absolute Gasteiger partial charge is 0.164 e. The fraction of sp³-hybridized carbons (Fsp3) is 0.389. The molecule has 2 aromatic carbocycles. The monoisotopic (exact) mass is 282 g/mol. The van der Waals surface area contributed by atoms with E-state index in [4.69, 9.17) is 0 Å². The Morgan fingerprint density at radius 1 is 1.05 bits per heavy atom. The Hall–Kier alpha value is -1.71. The maximum atomic E-state index is 12.4. The lowest BCUT2D eigenvalue weighted by Crippen LogP contribution is -2.30. The predicted molar refractivity (Wildman–Crippen MR) is 86.8 cm³/mol. The van der Waals surface area contributed by atoms with Crippen molar-refractivity contribution in [3.8, 4) is 0 Å². The Balaban J connectivity index is 1.63. The standard InChI is InChI=1S/C18H22N2O/c21-18(8-12-20-11-3-9-19-10-13-20)17-7-6-15-4-1-2-5-16(15)14-17/h1-2,4-7,14,19H,3,8-13H2. The molecule has 0 atom stereocenters. The Bertz CT molecular complexity index is 615. The van der Waals surface area contributed by atoms with Gasteiger partial charge in [0.15, 0.2) is 5.78 Å². The maximum Gasteiger partial charge on any atom is 0.164 e. The van der Waals surface area contributed by atoms with Gasteiger partial charge in [-0.15, -0.1) is 0 Å². The van der Waals surface area contributed by atoms with Gasteiger partial charge in [0, 0.05) is 31.6 Å². The van der Waals surface area contributed by atoms with Crippen LogP contribution in [-0.4, -0.2) is 43.4 Å². The molecule has 1 fully saturated rings. The molecule has 1 saturated heterocycles. The number of Topliss-reactive ketones (excluding diaryl/α,β-unsaturated/α-hetero) is 1. The first-order chi connectivity index (χ1) is 10.3. The molecule has 0 unspecified atom stereocenters. The van der Waals surface area contributed by atoms with Crippen molar-refractivity contribution in [3.63, 3.8) is 0 Å². The van der Waals surface area contributed by atoms with E-state index in [1.165, 1.54) is 11.8 Å². The van der Waals surface area contributed by atoms with Crippen molar-refractivity contribution >= 4 is 16.6 Å². The molecule has 0 bridgehead atoms. The third kappa shape index (κ3) is 3.69. The van der Waals surface area contributed by atoms with Gasteiger partial charge in [-0.3, -0.25) is 4.79 Å². The van der Waals surface area contributed by atoms with Crippen LogP contribution in [0.25, 0.3) is 10.8 Å². The summed E-state index contributed by atoms with van der Waals surface area (Å²) in [6.45, 7) is 5.13. The van der Waals surface area contributed by atoms with Gasteiger partial charge in [-0.2, -0.15) is 0 Å². The number of nitrogens with zero attached hydrogens (tertiary/aromatic N) is 1. The molecule has 0 aliphatic carbocycles. The minimum atomic E-state index is 0.248. The van der Waals surface area contributed by atoms with E-state index in [1.807, 2.05) is 30.3 Å². The van der Waals surface area contributed by atoms with Gasteiger partial charge in [0.1, 0.15) is 0 Å². The molecule has 0 amide bonds. The molecule has 1 N–H and O–H groups in total. The van der Waals surface area contributed by atoms with Gasteiger partial charge >= 0.3 is 0 Å². The molecular weight excluding hydrogens is 260 g/mol. The van der Waals surface area contributed by atoms with E-state index in [0.29, 0.717) is 6.42 Å². The number of fused-ring (bicyclic) bond motifs is 1. The third-order valence-electron chi connectivity index (χ3n) is 4.16. The van der Waals surface area contributed by atoms with Crippen LogP contribution in [0.3, 0.4) is 0 Å². The Labute approximate surface area is 125 Å². The van der Waals surface area contributed by atoms with Gasteiger partial charge in [-0.1, -0.05) is 36.4 Å². The van der Waals surface area contributed by atoms with E-state index in [1.54, 1.807) is 0 Å². The molecule has 0 radical (unpaired) electrons. The first-order valence-corrected chi connectivity index (χ1v) is 7.78. The van der Waals surface area contributed by atoms with Crippen molar-refractivity contribution in [3.05, 3.63) is 48.0 Å². The van der Waals surface area contributed by atoms with E-state index >= 15 is 0 Å². The molecule has 1 aliphatic rings. The summed E-state index contributed by atoms with van der Waals surface area (Å²) in [4.78, 5) is 14.8. The molecule has 0 spiro atoms. The second-order valence-electron chi connectivity index (χ2n) is 5.68. The largest absolute Gasteiger partial charge is 0.315 e. The van der Waals surface area contributed by atoms with Crippen molar-refractivity contribution < 1.29 is 4.79 Å². The first-order valence-electron chi connectivity index (χ1n) is 7.78. The number of hydrogen-bond donors (Lipinski definition) is 1. The van der Waals surface area contributed by atoms with Crippen LogP contribution in [0.5, 0.6) is 0 Å². The van der Waals surface area contributed by atoms with Crippen molar-refractivity contribution in [2.45, 2.75) is 12.8 Å². The summed E-state index contributed by atoms with van der Waals surface area (Å²) in [6, 6.07) is 14.2. The summed E-state index contributed by atoms with van der Waals surface area (Å²) in [5, 5.41) is 5.72. The van der Waals surface area contributed by atoms with Crippen molar-refractivity contribution in [2.24, 2.45) is 0 Å². The second kappa shape index (κ2) is 6.83. The summed E-state index contributed by atoms with van der Waals surface area (Å²) in [7, 11) is 0. The SMILES string of the molecule is O=C(CCN1CCCNCC1)c1ccc2ccccc2c1. The third-order valence-corrected chi connectivity index (χ3v) is 4.16. The van der Waals surface area contributed by atoms with Gasteiger partial charge in [-0.25, -0.2) is 0 Å². The summed E-state index contributed by atoms with van der Waals surface area (Å²) >= 11 is 0. The molecule has 1 aliphatic heterocycles. The minimum Gasteiger partial charge on any atom is -0.315 e. The van der Waals surface area contributed by atoms with Crippen molar-refractivity contribution in [1.29, 1.82) is 0 Å². The number of hydrogen-bond acceptors (Lipinski definition) is 3. The molecular formula is C18H22N2O. The molecule has 1 heterocycles. The van der Waals surface area contributed by atoms with Crippen LogP contribution in [0.15, 0.2) is 42.5 Å². The van der Waals surface area contributed by atoms with Crippen LogP contribution in [0.2, 0.25) is 0 Å². The second-order valence-corrected chi connectivity index (χ2v) is 5.68. The zero-order valence-electron chi connectivity index (χ0n) is 12.3. The number of carbonyl (C=O) groups excluding carboxylic acids is 1. The average Bonchev–Trinajstić information content (AvgIpc) is 2.81. The summed E-state index contributed by atoms with van der Waals surface area (Å²) in [5.74, 6) is 0.248. The number of benzene rings is 2. The molecule has 0 aromatic heterocycles. The minimum absolute atomic E-state index is 0.248. The lowest BCUT2D eigenvalue weighted by Gasteiger charge is -2.18. The highest BCUT2D eigenvalue weighted by Crippen LogP contribution is 2.16. The molecule has 3 rings (SSSR count). The zero-order chi connectivity index (χ0) is 14.5. The lowest BCUT2D eigenvalue weighted by molar-refractivity contribution is 0.0965. The maximum absolute atomic E-state index is 12.4. The van der Waals surface area contributed by atoms with Gasteiger partial charge in [0.05, 0.1) is 0 Å². The normalized spacial score (nSPS) is 16.8. The Morgan fingerprint density at radius 2 is 1.90 bits per heavy atom. The van der Waals surface area contributed by atoms with Crippen LogP contribution < -0.4 is 5.32 Å². The number of carbonyl (C=O) groups is 1. The zero-order valence-corrected chi connectivity index (χ0v) is 12.3. The molecule has 0 saturated carbocycles. The quantitative estimate of drug-likeness (QED) is 0.875. The number of rotatable bonds is 4. The van der Waals surface area contributed by atoms with Crippen LogP contribution in [-0.2, 0) is 0 Å². The van der Waals surface area contributed by atoms with Crippen LogP contribution >= 0.6 is 0 Å². The van der Waals surface area contributed by atoms with Crippen molar-refractivity contribution in [1.82, 2.24) is 10.2 Å². The lowest BCUT2D eigenvalue weighted by atomic mass is 10.0.